The first-order valence-electron chi connectivity index (χ1n) is 6.78. The first-order valence-corrected chi connectivity index (χ1v) is 8.26. The van der Waals surface area contributed by atoms with Gasteiger partial charge in [-0.1, -0.05) is 18.2 Å². The monoisotopic (exact) mass is 350 g/mol. The largest absolute Gasteiger partial charge is 0.484 e. The van der Waals surface area contributed by atoms with Crippen molar-refractivity contribution in [1.82, 2.24) is 4.72 Å². The van der Waals surface area contributed by atoms with Crippen molar-refractivity contribution in [2.24, 2.45) is 0 Å². The number of carbonyl (C=O) groups is 1. The van der Waals surface area contributed by atoms with Crippen molar-refractivity contribution in [1.29, 1.82) is 0 Å². The number of aryl methyl sites for hydroxylation is 1. The molecule has 1 amide bonds. The molecule has 0 aromatic heterocycles. The number of nitrogens with zero attached hydrogens (tertiary/aromatic N) is 1. The van der Waals surface area contributed by atoms with E-state index in [1.807, 2.05) is 4.72 Å². The lowest BCUT2D eigenvalue weighted by Crippen LogP contribution is -2.34. The maximum Gasteiger partial charge on any atom is 0.272 e. The lowest BCUT2D eigenvalue weighted by molar-refractivity contribution is -0.385. The molecule has 0 aliphatic rings. The van der Waals surface area contributed by atoms with E-state index in [1.165, 1.54) is 49.4 Å². The molecule has 0 atom stereocenters. The van der Waals surface area contributed by atoms with Crippen LogP contribution in [0.4, 0.5) is 5.69 Å². The number of ether oxygens (including phenoxy) is 1. The van der Waals surface area contributed by atoms with Crippen molar-refractivity contribution in [2.45, 2.75) is 11.8 Å². The molecule has 0 heterocycles. The zero-order valence-corrected chi connectivity index (χ0v) is 13.4. The van der Waals surface area contributed by atoms with Crippen LogP contribution in [0.15, 0.2) is 53.4 Å². The normalized spacial score (nSPS) is 10.9. The van der Waals surface area contributed by atoms with E-state index in [0.29, 0.717) is 5.56 Å². The number of benzene rings is 2. The third kappa shape index (κ3) is 4.29. The molecule has 0 saturated heterocycles. The fourth-order valence-electron chi connectivity index (χ4n) is 1.91. The second-order valence-corrected chi connectivity index (χ2v) is 6.52. The zero-order chi connectivity index (χ0) is 17.7. The molecule has 24 heavy (non-hydrogen) atoms. The van der Waals surface area contributed by atoms with Crippen LogP contribution in [0.1, 0.15) is 5.56 Å². The van der Waals surface area contributed by atoms with E-state index in [0.717, 1.165) is 0 Å². The summed E-state index contributed by atoms with van der Waals surface area (Å²) in [7, 11) is -3.96. The Morgan fingerprint density at radius 3 is 2.46 bits per heavy atom. The highest BCUT2D eigenvalue weighted by Gasteiger charge is 2.18. The van der Waals surface area contributed by atoms with Gasteiger partial charge in [-0.25, -0.2) is 13.1 Å². The maximum absolute atomic E-state index is 12.0. The summed E-state index contributed by atoms with van der Waals surface area (Å²) in [6, 6.07) is 11.4. The van der Waals surface area contributed by atoms with Crippen molar-refractivity contribution in [3.63, 3.8) is 0 Å². The van der Waals surface area contributed by atoms with E-state index >= 15 is 0 Å². The number of nitrogens with one attached hydrogen (secondary N) is 1. The summed E-state index contributed by atoms with van der Waals surface area (Å²) in [6.45, 7) is 0.994. The van der Waals surface area contributed by atoms with Crippen molar-refractivity contribution < 1.29 is 22.9 Å². The minimum atomic E-state index is -3.96. The Hall–Kier alpha value is -2.94. The summed E-state index contributed by atoms with van der Waals surface area (Å²) in [5, 5.41) is 10.7. The van der Waals surface area contributed by atoms with E-state index in [-0.39, 0.29) is 16.3 Å². The summed E-state index contributed by atoms with van der Waals surface area (Å²) in [5.74, 6) is -0.625. The van der Waals surface area contributed by atoms with Gasteiger partial charge in [0.15, 0.2) is 6.61 Å². The molecule has 8 nitrogen and oxygen atoms in total. The Labute approximate surface area is 138 Å². The number of nitro groups is 1. The molecular weight excluding hydrogens is 336 g/mol. The Balaban J connectivity index is 1.99. The van der Waals surface area contributed by atoms with Crippen LogP contribution in [0, 0.1) is 17.0 Å². The number of rotatable bonds is 6. The fraction of sp³-hybridized carbons (Fsp3) is 0.133. The topological polar surface area (TPSA) is 116 Å². The van der Waals surface area contributed by atoms with Crippen molar-refractivity contribution in [2.75, 3.05) is 6.61 Å². The smallest absolute Gasteiger partial charge is 0.272 e. The molecule has 9 heteroatoms. The van der Waals surface area contributed by atoms with E-state index in [4.69, 9.17) is 4.74 Å². The maximum atomic E-state index is 12.0. The Kier molecular flexibility index (Phi) is 5.14. The minimum Gasteiger partial charge on any atom is -0.484 e. The number of sulfonamides is 1. The second kappa shape index (κ2) is 7.09. The van der Waals surface area contributed by atoms with Crippen LogP contribution in [-0.4, -0.2) is 25.9 Å². The highest BCUT2D eigenvalue weighted by atomic mass is 32.2. The third-order valence-electron chi connectivity index (χ3n) is 3.04. The van der Waals surface area contributed by atoms with Crippen molar-refractivity contribution in [3.8, 4) is 5.75 Å². The van der Waals surface area contributed by atoms with Gasteiger partial charge in [-0.3, -0.25) is 14.9 Å². The Bertz CT molecular complexity index is 865. The molecule has 2 aromatic carbocycles. The first-order chi connectivity index (χ1) is 11.3. The summed E-state index contributed by atoms with van der Waals surface area (Å²) in [6.07, 6.45) is 0. The van der Waals surface area contributed by atoms with Gasteiger partial charge in [0.05, 0.1) is 9.82 Å². The van der Waals surface area contributed by atoms with E-state index in [2.05, 4.69) is 0 Å². The fourth-order valence-corrected chi connectivity index (χ4v) is 2.90. The standard InChI is InChI=1S/C15H14N2O6S/c1-11-9-12(7-8-14(11)17(19)20)23-10-15(18)16-24(21,22)13-5-3-2-4-6-13/h2-9H,10H2,1H3,(H,16,18). The van der Waals surface area contributed by atoms with Crippen LogP contribution in [0.2, 0.25) is 0 Å². The van der Waals surface area contributed by atoms with Crippen molar-refractivity contribution in [3.05, 3.63) is 64.2 Å². The number of carbonyl (C=O) groups excluding carboxylic acids is 1. The predicted molar refractivity (Wildman–Crippen MR) is 85.1 cm³/mol. The average Bonchev–Trinajstić information content (AvgIpc) is 2.53. The van der Waals surface area contributed by atoms with Gasteiger partial charge in [0.2, 0.25) is 0 Å². The second-order valence-electron chi connectivity index (χ2n) is 4.84. The Morgan fingerprint density at radius 2 is 1.88 bits per heavy atom. The summed E-state index contributed by atoms with van der Waals surface area (Å²) >= 11 is 0. The molecule has 0 saturated carbocycles. The van der Waals surface area contributed by atoms with E-state index in [9.17, 15) is 23.3 Å². The highest BCUT2D eigenvalue weighted by molar-refractivity contribution is 7.90. The molecule has 0 aliphatic heterocycles. The van der Waals surface area contributed by atoms with Gasteiger partial charge in [-0.15, -0.1) is 0 Å². The van der Waals surface area contributed by atoms with Gasteiger partial charge >= 0.3 is 0 Å². The van der Waals surface area contributed by atoms with Gasteiger partial charge in [-0.05, 0) is 31.2 Å². The van der Waals surface area contributed by atoms with E-state index < -0.39 is 27.5 Å². The molecule has 0 bridgehead atoms. The van der Waals surface area contributed by atoms with Crippen LogP contribution in [-0.2, 0) is 14.8 Å². The van der Waals surface area contributed by atoms with Gasteiger partial charge in [-0.2, -0.15) is 0 Å². The highest BCUT2D eigenvalue weighted by Crippen LogP contribution is 2.22. The Morgan fingerprint density at radius 1 is 1.21 bits per heavy atom. The van der Waals surface area contributed by atoms with Crippen molar-refractivity contribution >= 4 is 21.6 Å². The molecule has 0 radical (unpaired) electrons. The molecule has 0 aliphatic carbocycles. The molecule has 0 spiro atoms. The van der Waals surface area contributed by atoms with Crippen LogP contribution in [0.25, 0.3) is 0 Å². The third-order valence-corrected chi connectivity index (χ3v) is 4.43. The predicted octanol–water partition coefficient (Wildman–Crippen LogP) is 1.79. The van der Waals surface area contributed by atoms with E-state index in [1.54, 1.807) is 6.07 Å². The molecule has 2 rings (SSSR count). The molecule has 126 valence electrons. The van der Waals surface area contributed by atoms with Gasteiger partial charge < -0.3 is 4.74 Å². The molecular formula is C15H14N2O6S. The average molecular weight is 350 g/mol. The SMILES string of the molecule is Cc1cc(OCC(=O)NS(=O)(=O)c2ccccc2)ccc1[N+](=O)[O-]. The molecule has 0 unspecified atom stereocenters. The lowest BCUT2D eigenvalue weighted by Gasteiger charge is -2.09. The number of hydrogen-bond acceptors (Lipinski definition) is 6. The lowest BCUT2D eigenvalue weighted by atomic mass is 10.2. The summed E-state index contributed by atoms with van der Waals surface area (Å²) in [4.78, 5) is 21.9. The first kappa shape index (κ1) is 17.4. The molecule has 2 aromatic rings. The molecule has 1 N–H and O–H groups in total. The van der Waals surface area contributed by atoms with Gasteiger partial charge in [0, 0.05) is 11.6 Å². The van der Waals surface area contributed by atoms with Crippen LogP contribution in [0.5, 0.6) is 5.75 Å². The number of nitro benzene ring substituents is 1. The minimum absolute atomic E-state index is 0.0375. The van der Waals surface area contributed by atoms with Crippen LogP contribution in [0.3, 0.4) is 0 Å². The summed E-state index contributed by atoms with van der Waals surface area (Å²) < 4.78 is 31.0. The number of hydrogen-bond donors (Lipinski definition) is 1. The molecule has 0 fully saturated rings. The van der Waals surface area contributed by atoms with Gasteiger partial charge in [0.25, 0.3) is 21.6 Å². The quantitative estimate of drug-likeness (QED) is 0.627. The van der Waals surface area contributed by atoms with Crippen LogP contribution >= 0.6 is 0 Å². The summed E-state index contributed by atoms with van der Waals surface area (Å²) in [5.41, 5.74) is 0.299. The van der Waals surface area contributed by atoms with Gasteiger partial charge in [0.1, 0.15) is 5.75 Å². The number of amides is 1. The zero-order valence-electron chi connectivity index (χ0n) is 12.6. The van der Waals surface area contributed by atoms with Crippen LogP contribution < -0.4 is 9.46 Å².